The second kappa shape index (κ2) is 10.7. The molecule has 0 N–H and O–H groups in total. The first-order chi connectivity index (χ1) is 11.6. The molecule has 1 unspecified atom stereocenters. The van der Waals surface area contributed by atoms with Crippen molar-refractivity contribution in [3.8, 4) is 0 Å². The van der Waals surface area contributed by atoms with Gasteiger partial charge in [-0.15, -0.1) is 0 Å². The van der Waals surface area contributed by atoms with Crippen molar-refractivity contribution in [1.29, 1.82) is 0 Å². The third kappa shape index (κ3) is 7.62. The molecule has 0 amide bonds. The smallest absolute Gasteiger partial charge is 0.0659 e. The number of piperazine rings is 1. The molecule has 0 bridgehead atoms. The molecule has 2 aliphatic rings. The van der Waals surface area contributed by atoms with Crippen LogP contribution in [0.25, 0.3) is 0 Å². The Bertz CT molecular complexity index is 385. The molecular weight excluding hydrogens is 302 g/mol. The Hall–Kier alpha value is -1.14. The fourth-order valence-corrected chi connectivity index (χ4v) is 2.89. The second-order valence-corrected chi connectivity index (χ2v) is 7.25. The van der Waals surface area contributed by atoms with Gasteiger partial charge in [-0.05, 0) is 31.2 Å². The lowest BCUT2D eigenvalue weighted by Crippen LogP contribution is -2.44. The fourth-order valence-electron chi connectivity index (χ4n) is 2.89. The number of morpholine rings is 1. The molecule has 0 spiro atoms. The highest BCUT2D eigenvalue weighted by molar-refractivity contribution is 5.59. The standard InChI is InChI=1S/C18H35N5O/c1-17(2)15-19-22-9-7-21(8-10-22)6-4-5-18(3)16-20-23-11-13-24-14-12-23/h15-18H,4-14H2,1-3H3/b19-15+,20-16+. The maximum atomic E-state index is 5.34. The minimum atomic E-state index is 0.531. The normalized spacial score (nSPS) is 22.2. The first-order valence-corrected chi connectivity index (χ1v) is 9.51. The van der Waals surface area contributed by atoms with Crippen LogP contribution in [0.5, 0.6) is 0 Å². The Labute approximate surface area is 147 Å². The summed E-state index contributed by atoms with van der Waals surface area (Å²) < 4.78 is 5.34. The highest BCUT2D eigenvalue weighted by Crippen LogP contribution is 2.08. The highest BCUT2D eigenvalue weighted by atomic mass is 16.5. The van der Waals surface area contributed by atoms with E-state index < -0.39 is 0 Å². The molecule has 24 heavy (non-hydrogen) atoms. The Morgan fingerprint density at radius 3 is 2.17 bits per heavy atom. The lowest BCUT2D eigenvalue weighted by atomic mass is 10.1. The molecule has 0 radical (unpaired) electrons. The number of rotatable bonds is 8. The molecule has 0 aliphatic carbocycles. The maximum Gasteiger partial charge on any atom is 0.0659 e. The summed E-state index contributed by atoms with van der Waals surface area (Å²) in [4.78, 5) is 2.56. The third-order valence-electron chi connectivity index (χ3n) is 4.48. The van der Waals surface area contributed by atoms with Gasteiger partial charge >= 0.3 is 0 Å². The number of hydrazone groups is 2. The molecule has 138 valence electrons. The quantitative estimate of drug-likeness (QED) is 0.635. The molecule has 2 saturated heterocycles. The van der Waals surface area contributed by atoms with Crippen LogP contribution < -0.4 is 0 Å². The molecular formula is C18H35N5O. The summed E-state index contributed by atoms with van der Waals surface area (Å²) >= 11 is 0. The van der Waals surface area contributed by atoms with Crippen molar-refractivity contribution in [3.63, 3.8) is 0 Å². The van der Waals surface area contributed by atoms with E-state index in [1.165, 1.54) is 19.4 Å². The van der Waals surface area contributed by atoms with Gasteiger partial charge in [0, 0.05) is 38.6 Å². The minimum Gasteiger partial charge on any atom is -0.378 e. The summed E-state index contributed by atoms with van der Waals surface area (Å²) in [5, 5.41) is 13.5. The van der Waals surface area contributed by atoms with Gasteiger partial charge in [0.15, 0.2) is 0 Å². The van der Waals surface area contributed by atoms with Crippen molar-refractivity contribution in [3.05, 3.63) is 0 Å². The maximum absolute atomic E-state index is 5.34. The van der Waals surface area contributed by atoms with Crippen molar-refractivity contribution in [2.45, 2.75) is 33.6 Å². The molecule has 1 atom stereocenters. The van der Waals surface area contributed by atoms with Gasteiger partial charge in [-0.3, -0.25) is 14.9 Å². The second-order valence-electron chi connectivity index (χ2n) is 7.25. The van der Waals surface area contributed by atoms with E-state index in [0.717, 1.165) is 52.5 Å². The van der Waals surface area contributed by atoms with Crippen LogP contribution in [-0.2, 0) is 4.74 Å². The van der Waals surface area contributed by atoms with Crippen LogP contribution in [0.4, 0.5) is 0 Å². The van der Waals surface area contributed by atoms with E-state index >= 15 is 0 Å². The molecule has 0 aromatic heterocycles. The topological polar surface area (TPSA) is 43.7 Å². The molecule has 0 saturated carbocycles. The van der Waals surface area contributed by atoms with E-state index in [1.807, 2.05) is 6.21 Å². The van der Waals surface area contributed by atoms with Gasteiger partial charge in [0.05, 0.1) is 26.3 Å². The van der Waals surface area contributed by atoms with Gasteiger partial charge in [0.2, 0.25) is 0 Å². The average Bonchev–Trinajstić information content (AvgIpc) is 2.60. The van der Waals surface area contributed by atoms with Crippen LogP contribution in [0.1, 0.15) is 33.6 Å². The summed E-state index contributed by atoms with van der Waals surface area (Å²) in [6, 6.07) is 0. The minimum absolute atomic E-state index is 0.531. The van der Waals surface area contributed by atoms with Crippen molar-refractivity contribution < 1.29 is 4.74 Å². The Kier molecular flexibility index (Phi) is 8.53. The van der Waals surface area contributed by atoms with Crippen LogP contribution in [0.3, 0.4) is 0 Å². The van der Waals surface area contributed by atoms with Crippen LogP contribution in [0, 0.1) is 11.8 Å². The predicted molar refractivity (Wildman–Crippen MR) is 101 cm³/mol. The van der Waals surface area contributed by atoms with Crippen molar-refractivity contribution in [1.82, 2.24) is 14.9 Å². The zero-order chi connectivity index (χ0) is 17.2. The highest BCUT2D eigenvalue weighted by Gasteiger charge is 2.15. The summed E-state index contributed by atoms with van der Waals surface area (Å²) in [7, 11) is 0. The van der Waals surface area contributed by atoms with E-state index in [1.54, 1.807) is 0 Å². The predicted octanol–water partition coefficient (Wildman–Crippen LogP) is 1.98. The number of nitrogens with zero attached hydrogens (tertiary/aromatic N) is 5. The van der Waals surface area contributed by atoms with Crippen LogP contribution in [0.2, 0.25) is 0 Å². The molecule has 6 heteroatoms. The van der Waals surface area contributed by atoms with Gasteiger partial charge in [-0.1, -0.05) is 20.8 Å². The lowest BCUT2D eigenvalue weighted by molar-refractivity contribution is 0.0394. The number of hydrogen-bond acceptors (Lipinski definition) is 6. The van der Waals surface area contributed by atoms with E-state index in [-0.39, 0.29) is 0 Å². The van der Waals surface area contributed by atoms with Crippen molar-refractivity contribution in [2.24, 2.45) is 22.0 Å². The molecule has 2 rings (SSSR count). The molecule has 2 fully saturated rings. The monoisotopic (exact) mass is 337 g/mol. The lowest BCUT2D eigenvalue weighted by Gasteiger charge is -2.33. The van der Waals surface area contributed by atoms with Gasteiger partial charge in [-0.25, -0.2) is 0 Å². The zero-order valence-electron chi connectivity index (χ0n) is 15.7. The Morgan fingerprint density at radius 1 is 0.875 bits per heavy atom. The van der Waals surface area contributed by atoms with Crippen LogP contribution in [0.15, 0.2) is 10.2 Å². The molecule has 6 nitrogen and oxygen atoms in total. The number of ether oxygens (including phenoxy) is 1. The summed E-state index contributed by atoms with van der Waals surface area (Å²) in [5.74, 6) is 1.08. The summed E-state index contributed by atoms with van der Waals surface area (Å²) in [6.45, 7) is 15.6. The Morgan fingerprint density at radius 2 is 1.50 bits per heavy atom. The van der Waals surface area contributed by atoms with Gasteiger partial charge in [-0.2, -0.15) is 10.2 Å². The van der Waals surface area contributed by atoms with Crippen LogP contribution in [-0.4, -0.2) is 86.4 Å². The van der Waals surface area contributed by atoms with Gasteiger partial charge < -0.3 is 4.74 Å². The van der Waals surface area contributed by atoms with E-state index in [2.05, 4.69) is 52.1 Å². The first kappa shape index (κ1) is 19.2. The van der Waals surface area contributed by atoms with E-state index in [4.69, 9.17) is 4.74 Å². The summed E-state index contributed by atoms with van der Waals surface area (Å²) in [6.07, 6.45) is 6.61. The van der Waals surface area contributed by atoms with E-state index in [9.17, 15) is 0 Å². The molecule has 2 heterocycles. The van der Waals surface area contributed by atoms with Crippen molar-refractivity contribution >= 4 is 12.4 Å². The fraction of sp³-hybridized carbons (Fsp3) is 0.889. The molecule has 0 aromatic rings. The molecule has 2 aliphatic heterocycles. The Balaban J connectivity index is 1.55. The first-order valence-electron chi connectivity index (χ1n) is 9.51. The average molecular weight is 338 g/mol. The number of hydrogen-bond donors (Lipinski definition) is 0. The van der Waals surface area contributed by atoms with Gasteiger partial charge in [0.1, 0.15) is 0 Å². The largest absolute Gasteiger partial charge is 0.378 e. The van der Waals surface area contributed by atoms with E-state index in [0.29, 0.717) is 11.8 Å². The summed E-state index contributed by atoms with van der Waals surface area (Å²) in [5.41, 5.74) is 0. The van der Waals surface area contributed by atoms with Crippen LogP contribution >= 0.6 is 0 Å². The SMILES string of the molecule is CC(C)/C=N/N1CCN(CCCC(C)/C=N/N2CCOCC2)CC1. The third-order valence-corrected chi connectivity index (χ3v) is 4.48. The van der Waals surface area contributed by atoms with Crippen molar-refractivity contribution in [2.75, 3.05) is 59.0 Å². The molecule has 0 aromatic carbocycles. The zero-order valence-corrected chi connectivity index (χ0v) is 15.7. The van der Waals surface area contributed by atoms with Gasteiger partial charge in [0.25, 0.3) is 0 Å².